The lowest BCUT2D eigenvalue weighted by molar-refractivity contribution is 0.0953. The van der Waals surface area contributed by atoms with Gasteiger partial charge >= 0.3 is 6.03 Å². The number of likely N-dealkylation sites (tertiary alicyclic amines) is 1. The highest BCUT2D eigenvalue weighted by atomic mass is 16.2. The predicted octanol–water partition coefficient (Wildman–Crippen LogP) is 1.22. The van der Waals surface area contributed by atoms with E-state index < -0.39 is 0 Å². The Kier molecular flexibility index (Phi) is 4.78. The Bertz CT molecular complexity index is 428. The standard InChI is InChI=1S/C14H19N3O2/c18-13(12-6-2-1-3-7-12)15-8-9-16-14(19)17-10-4-5-11-17/h1-3,6-7H,4-5,8-11H2,(H,15,18)(H,16,19). The molecule has 102 valence electrons. The fraction of sp³-hybridized carbons (Fsp3) is 0.429. The maximum Gasteiger partial charge on any atom is 0.317 e. The van der Waals surface area contributed by atoms with E-state index in [-0.39, 0.29) is 11.9 Å². The van der Waals surface area contributed by atoms with E-state index in [1.807, 2.05) is 18.2 Å². The first-order valence-electron chi connectivity index (χ1n) is 6.63. The smallest absolute Gasteiger partial charge is 0.317 e. The van der Waals surface area contributed by atoms with Crippen LogP contribution in [0.3, 0.4) is 0 Å². The summed E-state index contributed by atoms with van der Waals surface area (Å²) < 4.78 is 0. The van der Waals surface area contributed by atoms with Gasteiger partial charge in [-0.25, -0.2) is 4.79 Å². The third-order valence-corrected chi connectivity index (χ3v) is 3.12. The fourth-order valence-corrected chi connectivity index (χ4v) is 2.07. The Morgan fingerprint density at radius 2 is 1.63 bits per heavy atom. The third-order valence-electron chi connectivity index (χ3n) is 3.12. The summed E-state index contributed by atoms with van der Waals surface area (Å²) in [5.74, 6) is -0.115. The average Bonchev–Trinajstić information content (AvgIpc) is 2.98. The summed E-state index contributed by atoms with van der Waals surface area (Å²) in [6, 6.07) is 9.00. The molecule has 0 aromatic heterocycles. The molecule has 1 aromatic carbocycles. The molecule has 0 saturated carbocycles. The summed E-state index contributed by atoms with van der Waals surface area (Å²) in [6.45, 7) is 2.56. The summed E-state index contributed by atoms with van der Waals surface area (Å²) in [5, 5.41) is 5.58. The van der Waals surface area contributed by atoms with Crippen molar-refractivity contribution in [1.29, 1.82) is 0 Å². The number of nitrogens with zero attached hydrogens (tertiary/aromatic N) is 1. The molecule has 2 rings (SSSR count). The van der Waals surface area contributed by atoms with Crippen molar-refractivity contribution in [1.82, 2.24) is 15.5 Å². The van der Waals surface area contributed by atoms with Gasteiger partial charge in [0.25, 0.3) is 5.91 Å². The van der Waals surface area contributed by atoms with Crippen LogP contribution in [0.4, 0.5) is 4.79 Å². The van der Waals surface area contributed by atoms with Gasteiger partial charge in [-0.1, -0.05) is 18.2 Å². The minimum absolute atomic E-state index is 0.0357. The fourth-order valence-electron chi connectivity index (χ4n) is 2.07. The van der Waals surface area contributed by atoms with Crippen LogP contribution in [0, 0.1) is 0 Å². The van der Waals surface area contributed by atoms with E-state index in [1.165, 1.54) is 0 Å². The molecular formula is C14H19N3O2. The molecular weight excluding hydrogens is 242 g/mol. The Balaban J connectivity index is 1.64. The number of hydrogen-bond donors (Lipinski definition) is 2. The molecule has 2 N–H and O–H groups in total. The van der Waals surface area contributed by atoms with E-state index in [1.54, 1.807) is 17.0 Å². The van der Waals surface area contributed by atoms with E-state index in [4.69, 9.17) is 0 Å². The van der Waals surface area contributed by atoms with Crippen LogP contribution in [0.2, 0.25) is 0 Å². The molecule has 0 aliphatic carbocycles. The van der Waals surface area contributed by atoms with Crippen molar-refractivity contribution < 1.29 is 9.59 Å². The zero-order valence-electron chi connectivity index (χ0n) is 10.9. The van der Waals surface area contributed by atoms with Crippen molar-refractivity contribution >= 4 is 11.9 Å². The van der Waals surface area contributed by atoms with Crippen molar-refractivity contribution in [2.45, 2.75) is 12.8 Å². The molecule has 1 aliphatic heterocycles. The molecule has 1 aliphatic rings. The molecule has 0 bridgehead atoms. The molecule has 1 fully saturated rings. The van der Waals surface area contributed by atoms with Gasteiger partial charge in [-0.3, -0.25) is 4.79 Å². The number of hydrogen-bond acceptors (Lipinski definition) is 2. The number of benzene rings is 1. The van der Waals surface area contributed by atoms with E-state index in [9.17, 15) is 9.59 Å². The maximum absolute atomic E-state index is 11.7. The summed E-state index contributed by atoms with van der Waals surface area (Å²) >= 11 is 0. The summed E-state index contributed by atoms with van der Waals surface area (Å²) in [4.78, 5) is 25.2. The van der Waals surface area contributed by atoms with E-state index in [2.05, 4.69) is 10.6 Å². The second kappa shape index (κ2) is 6.78. The maximum atomic E-state index is 11.7. The Morgan fingerprint density at radius 3 is 2.32 bits per heavy atom. The lowest BCUT2D eigenvalue weighted by Crippen LogP contribution is -2.41. The highest BCUT2D eigenvalue weighted by molar-refractivity contribution is 5.94. The lowest BCUT2D eigenvalue weighted by atomic mass is 10.2. The molecule has 5 nitrogen and oxygen atoms in total. The van der Waals surface area contributed by atoms with Crippen molar-refractivity contribution in [3.05, 3.63) is 35.9 Å². The molecule has 0 spiro atoms. The normalized spacial score (nSPS) is 14.2. The van der Waals surface area contributed by atoms with Crippen LogP contribution in [-0.4, -0.2) is 43.0 Å². The highest BCUT2D eigenvalue weighted by Gasteiger charge is 2.16. The van der Waals surface area contributed by atoms with Gasteiger partial charge in [0.2, 0.25) is 0 Å². The molecule has 0 radical (unpaired) electrons. The van der Waals surface area contributed by atoms with Crippen LogP contribution in [0.5, 0.6) is 0 Å². The Hall–Kier alpha value is -2.04. The minimum atomic E-state index is -0.115. The van der Waals surface area contributed by atoms with Gasteiger partial charge in [0, 0.05) is 31.7 Å². The zero-order valence-corrected chi connectivity index (χ0v) is 10.9. The molecule has 0 atom stereocenters. The van der Waals surface area contributed by atoms with Crippen LogP contribution in [0.15, 0.2) is 30.3 Å². The van der Waals surface area contributed by atoms with Gasteiger partial charge < -0.3 is 15.5 Å². The molecule has 1 heterocycles. The SMILES string of the molecule is O=C(NCCNC(=O)N1CCCC1)c1ccccc1. The first kappa shape index (κ1) is 13.4. The predicted molar refractivity (Wildman–Crippen MR) is 73.0 cm³/mol. The topological polar surface area (TPSA) is 61.4 Å². The monoisotopic (exact) mass is 261 g/mol. The van der Waals surface area contributed by atoms with Gasteiger partial charge in [-0.15, -0.1) is 0 Å². The number of urea groups is 1. The van der Waals surface area contributed by atoms with Crippen LogP contribution in [0.1, 0.15) is 23.2 Å². The quantitative estimate of drug-likeness (QED) is 0.801. The van der Waals surface area contributed by atoms with E-state index in [0.717, 1.165) is 25.9 Å². The summed E-state index contributed by atoms with van der Waals surface area (Å²) in [5.41, 5.74) is 0.633. The molecule has 5 heteroatoms. The van der Waals surface area contributed by atoms with E-state index in [0.29, 0.717) is 18.7 Å². The van der Waals surface area contributed by atoms with E-state index >= 15 is 0 Å². The second-order valence-electron chi connectivity index (χ2n) is 4.55. The van der Waals surface area contributed by atoms with Crippen LogP contribution in [-0.2, 0) is 0 Å². The highest BCUT2D eigenvalue weighted by Crippen LogP contribution is 2.06. The zero-order chi connectivity index (χ0) is 13.5. The number of amides is 3. The number of carbonyl (C=O) groups excluding carboxylic acids is 2. The van der Waals surface area contributed by atoms with Crippen LogP contribution >= 0.6 is 0 Å². The largest absolute Gasteiger partial charge is 0.350 e. The lowest BCUT2D eigenvalue weighted by Gasteiger charge is -2.16. The van der Waals surface area contributed by atoms with Crippen molar-refractivity contribution in [3.8, 4) is 0 Å². The molecule has 1 aromatic rings. The van der Waals surface area contributed by atoms with Gasteiger partial charge in [-0.05, 0) is 25.0 Å². The van der Waals surface area contributed by atoms with Crippen molar-refractivity contribution in [2.24, 2.45) is 0 Å². The van der Waals surface area contributed by atoms with Gasteiger partial charge in [0.15, 0.2) is 0 Å². The van der Waals surface area contributed by atoms with Gasteiger partial charge in [-0.2, -0.15) is 0 Å². The summed E-state index contributed by atoms with van der Waals surface area (Å²) in [7, 11) is 0. The van der Waals surface area contributed by atoms with Crippen LogP contribution < -0.4 is 10.6 Å². The first-order chi connectivity index (χ1) is 9.27. The Morgan fingerprint density at radius 1 is 1.00 bits per heavy atom. The average molecular weight is 261 g/mol. The number of nitrogens with one attached hydrogen (secondary N) is 2. The molecule has 1 saturated heterocycles. The number of rotatable bonds is 4. The molecule has 0 unspecified atom stereocenters. The van der Waals surface area contributed by atoms with Gasteiger partial charge in [0.05, 0.1) is 0 Å². The van der Waals surface area contributed by atoms with Gasteiger partial charge in [0.1, 0.15) is 0 Å². The van der Waals surface area contributed by atoms with Crippen LogP contribution in [0.25, 0.3) is 0 Å². The van der Waals surface area contributed by atoms with Crippen molar-refractivity contribution in [2.75, 3.05) is 26.2 Å². The number of carbonyl (C=O) groups is 2. The van der Waals surface area contributed by atoms with Crippen molar-refractivity contribution in [3.63, 3.8) is 0 Å². The third kappa shape index (κ3) is 3.98. The second-order valence-corrected chi connectivity index (χ2v) is 4.55. The molecule has 3 amide bonds. The minimum Gasteiger partial charge on any atom is -0.350 e. The Labute approximate surface area is 113 Å². The molecule has 19 heavy (non-hydrogen) atoms. The summed E-state index contributed by atoms with van der Waals surface area (Å²) in [6.07, 6.45) is 2.16. The first-order valence-corrected chi connectivity index (χ1v) is 6.63.